The zero-order valence-electron chi connectivity index (χ0n) is 23.0. The van der Waals surface area contributed by atoms with E-state index < -0.39 is 11.2 Å². The topological polar surface area (TPSA) is 51.2 Å². The van der Waals surface area contributed by atoms with Crippen LogP contribution in [0.25, 0.3) is 0 Å². The molecule has 2 spiro atoms. The van der Waals surface area contributed by atoms with Crippen LogP contribution in [-0.2, 0) is 16.6 Å². The van der Waals surface area contributed by atoms with Crippen molar-refractivity contribution in [2.45, 2.75) is 102 Å². The SMILES string of the molecule is CCc1ccc(OC)c2c1C13CN(CC4CC4)[C@H](C)C14CC([C@](C)(O)C(C)(C)C)[C@](OC)(C4)[C@@H]3O2. The van der Waals surface area contributed by atoms with Crippen LogP contribution in [0.15, 0.2) is 12.1 Å². The quantitative estimate of drug-likeness (QED) is 0.620. The minimum atomic E-state index is -0.891. The molecule has 5 nitrogen and oxygen atoms in total. The lowest BCUT2D eigenvalue weighted by Crippen LogP contribution is -2.65. The number of rotatable bonds is 6. The molecule has 2 aliphatic heterocycles. The fourth-order valence-corrected chi connectivity index (χ4v) is 9.07. The number of aryl methyl sites for hydroxylation is 1. The third kappa shape index (κ3) is 2.66. The van der Waals surface area contributed by atoms with E-state index in [-0.39, 0.29) is 28.3 Å². The second-order valence-electron chi connectivity index (χ2n) is 13.6. The molecule has 2 heterocycles. The number of hydrogen-bond acceptors (Lipinski definition) is 5. The van der Waals surface area contributed by atoms with Gasteiger partial charge in [0, 0.05) is 43.1 Å². The lowest BCUT2D eigenvalue weighted by Gasteiger charge is -2.54. The Morgan fingerprint density at radius 3 is 2.46 bits per heavy atom. The average Bonchev–Trinajstić information content (AvgIpc) is 3.29. The third-order valence-corrected chi connectivity index (χ3v) is 11.6. The van der Waals surface area contributed by atoms with Gasteiger partial charge in [-0.15, -0.1) is 0 Å². The highest BCUT2D eigenvalue weighted by molar-refractivity contribution is 5.63. The summed E-state index contributed by atoms with van der Waals surface area (Å²) in [5.74, 6) is 2.59. The van der Waals surface area contributed by atoms with Crippen molar-refractivity contribution in [1.82, 2.24) is 4.90 Å². The first kappa shape index (κ1) is 24.1. The summed E-state index contributed by atoms with van der Waals surface area (Å²) in [6.45, 7) is 15.4. The Morgan fingerprint density at radius 1 is 1.17 bits per heavy atom. The molecular formula is C30H45NO4. The molecule has 3 aliphatic carbocycles. The fraction of sp³-hybridized carbons (Fsp3) is 0.800. The summed E-state index contributed by atoms with van der Waals surface area (Å²) in [4.78, 5) is 2.77. The van der Waals surface area contributed by atoms with Gasteiger partial charge in [-0.05, 0) is 68.9 Å². The molecule has 0 aromatic heterocycles. The summed E-state index contributed by atoms with van der Waals surface area (Å²) in [5, 5.41) is 12.2. The second kappa shape index (κ2) is 7.17. The number of nitrogens with zero attached hydrogens (tertiary/aromatic N) is 1. The zero-order valence-corrected chi connectivity index (χ0v) is 23.0. The van der Waals surface area contributed by atoms with Crippen LogP contribution in [0.4, 0.5) is 0 Å². The van der Waals surface area contributed by atoms with Crippen molar-refractivity contribution in [3.05, 3.63) is 23.3 Å². The molecule has 5 aliphatic rings. The van der Waals surface area contributed by atoms with Crippen LogP contribution in [-0.4, -0.2) is 60.7 Å². The lowest BCUT2D eigenvalue weighted by molar-refractivity contribution is -0.202. The minimum Gasteiger partial charge on any atom is -0.493 e. The van der Waals surface area contributed by atoms with Gasteiger partial charge in [0.25, 0.3) is 0 Å². The molecule has 0 amide bonds. The van der Waals surface area contributed by atoms with Crippen molar-refractivity contribution in [2.24, 2.45) is 22.7 Å². The standard InChI is InChI=1S/C30H45NO4/c1-9-20-12-13-21(33-7)24-23(20)29-17-31(15-19-10-11-19)18(2)28(29)14-22(27(6,32)26(3,4)5)30(16-28,34-8)25(29)35-24/h12-13,18-19,22,25,32H,9-11,14-17H2,1-8H3/t18-,22?,25-,27+,28?,29?,30-/m1/s1. The number of fused-ring (bicyclic) bond motifs is 3. The summed E-state index contributed by atoms with van der Waals surface area (Å²) in [6, 6.07) is 4.75. The van der Waals surface area contributed by atoms with Crippen molar-refractivity contribution in [1.29, 1.82) is 0 Å². The minimum absolute atomic E-state index is 0.00756. The van der Waals surface area contributed by atoms with E-state index in [1.807, 2.05) is 14.0 Å². The summed E-state index contributed by atoms with van der Waals surface area (Å²) >= 11 is 0. The molecule has 7 atom stereocenters. The summed E-state index contributed by atoms with van der Waals surface area (Å²) in [6.07, 6.45) is 5.47. The maximum absolute atomic E-state index is 12.2. The molecule has 3 saturated carbocycles. The number of benzene rings is 1. The van der Waals surface area contributed by atoms with Crippen LogP contribution < -0.4 is 9.47 Å². The van der Waals surface area contributed by atoms with E-state index in [1.54, 1.807) is 7.11 Å². The van der Waals surface area contributed by atoms with E-state index >= 15 is 0 Å². The van der Waals surface area contributed by atoms with Crippen molar-refractivity contribution in [2.75, 3.05) is 27.3 Å². The van der Waals surface area contributed by atoms with Gasteiger partial charge in [-0.3, -0.25) is 4.90 Å². The summed E-state index contributed by atoms with van der Waals surface area (Å²) in [7, 11) is 3.60. The van der Waals surface area contributed by atoms with Crippen LogP contribution in [0.1, 0.15) is 78.4 Å². The Labute approximate surface area is 211 Å². The van der Waals surface area contributed by atoms with Crippen LogP contribution >= 0.6 is 0 Å². The predicted molar refractivity (Wildman–Crippen MR) is 137 cm³/mol. The highest BCUT2D eigenvalue weighted by Gasteiger charge is 2.86. The number of ether oxygens (including phenoxy) is 3. The largest absolute Gasteiger partial charge is 0.493 e. The molecule has 35 heavy (non-hydrogen) atoms. The fourth-order valence-electron chi connectivity index (χ4n) is 9.07. The predicted octanol–water partition coefficient (Wildman–Crippen LogP) is 4.96. The molecule has 3 unspecified atom stereocenters. The van der Waals surface area contributed by atoms with E-state index in [9.17, 15) is 5.11 Å². The van der Waals surface area contributed by atoms with E-state index in [0.717, 1.165) is 43.2 Å². The zero-order chi connectivity index (χ0) is 25.2. The third-order valence-electron chi connectivity index (χ3n) is 11.6. The van der Waals surface area contributed by atoms with Gasteiger partial charge in [-0.25, -0.2) is 0 Å². The Balaban J connectivity index is 1.59. The Bertz CT molecular complexity index is 1040. The maximum atomic E-state index is 12.2. The van der Waals surface area contributed by atoms with Gasteiger partial charge in [-0.2, -0.15) is 0 Å². The van der Waals surface area contributed by atoms with Crippen molar-refractivity contribution in [3.63, 3.8) is 0 Å². The smallest absolute Gasteiger partial charge is 0.166 e. The first-order valence-corrected chi connectivity index (χ1v) is 13.8. The number of methoxy groups -OCH3 is 2. The molecule has 1 saturated heterocycles. The van der Waals surface area contributed by atoms with Crippen LogP contribution in [0.2, 0.25) is 0 Å². The summed E-state index contributed by atoms with van der Waals surface area (Å²) in [5.41, 5.74) is 0.897. The van der Waals surface area contributed by atoms with Gasteiger partial charge in [-0.1, -0.05) is 33.8 Å². The Hall–Kier alpha value is -1.30. The van der Waals surface area contributed by atoms with Gasteiger partial charge in [0.05, 0.1) is 18.1 Å². The van der Waals surface area contributed by atoms with Crippen molar-refractivity contribution < 1.29 is 19.3 Å². The van der Waals surface area contributed by atoms with E-state index in [1.165, 1.54) is 30.5 Å². The molecular weight excluding hydrogens is 438 g/mol. The molecule has 4 fully saturated rings. The Morgan fingerprint density at radius 2 is 1.89 bits per heavy atom. The van der Waals surface area contributed by atoms with E-state index in [0.29, 0.717) is 6.04 Å². The molecule has 194 valence electrons. The van der Waals surface area contributed by atoms with Crippen LogP contribution in [0, 0.1) is 22.7 Å². The first-order valence-electron chi connectivity index (χ1n) is 13.8. The van der Waals surface area contributed by atoms with E-state index in [2.05, 4.69) is 51.7 Å². The molecule has 2 bridgehead atoms. The number of likely N-dealkylation sites (tertiary alicyclic amines) is 1. The maximum Gasteiger partial charge on any atom is 0.166 e. The van der Waals surface area contributed by atoms with Crippen LogP contribution in [0.3, 0.4) is 0 Å². The second-order valence-corrected chi connectivity index (χ2v) is 13.6. The molecule has 0 radical (unpaired) electrons. The Kier molecular flexibility index (Phi) is 4.93. The van der Waals surface area contributed by atoms with Crippen LogP contribution in [0.5, 0.6) is 11.5 Å². The first-order chi connectivity index (χ1) is 16.4. The lowest BCUT2D eigenvalue weighted by atomic mass is 9.52. The van der Waals surface area contributed by atoms with Crippen molar-refractivity contribution in [3.8, 4) is 11.5 Å². The molecule has 1 aromatic rings. The molecule has 1 aromatic carbocycles. The molecule has 6 rings (SSSR count). The average molecular weight is 484 g/mol. The molecule has 5 heteroatoms. The molecule has 1 N–H and O–H groups in total. The number of hydrogen-bond donors (Lipinski definition) is 1. The monoisotopic (exact) mass is 483 g/mol. The van der Waals surface area contributed by atoms with Gasteiger partial charge < -0.3 is 19.3 Å². The van der Waals surface area contributed by atoms with Gasteiger partial charge in [0.2, 0.25) is 0 Å². The number of aliphatic hydroxyl groups is 1. The highest BCUT2D eigenvalue weighted by atomic mass is 16.6. The van der Waals surface area contributed by atoms with Gasteiger partial charge >= 0.3 is 0 Å². The normalized spacial score (nSPS) is 41.3. The van der Waals surface area contributed by atoms with Gasteiger partial charge in [0.15, 0.2) is 11.5 Å². The highest BCUT2D eigenvalue weighted by Crippen LogP contribution is 2.79. The van der Waals surface area contributed by atoms with E-state index in [4.69, 9.17) is 14.2 Å². The van der Waals surface area contributed by atoms with Crippen molar-refractivity contribution >= 4 is 0 Å². The summed E-state index contributed by atoms with van der Waals surface area (Å²) < 4.78 is 19.6. The van der Waals surface area contributed by atoms with Gasteiger partial charge in [0.1, 0.15) is 11.7 Å².